The molecule has 2 atom stereocenters. The molecule has 1 aliphatic heterocycles. The number of anilines is 1. The Balaban J connectivity index is 1.83. The zero-order valence-electron chi connectivity index (χ0n) is 16.4. The highest BCUT2D eigenvalue weighted by Crippen LogP contribution is 2.29. The van der Waals surface area contributed by atoms with Gasteiger partial charge in [-0.25, -0.2) is 14.2 Å². The maximum absolute atomic E-state index is 14.5. The number of rotatable bonds is 1. The predicted molar refractivity (Wildman–Crippen MR) is 103 cm³/mol. The van der Waals surface area contributed by atoms with Crippen LogP contribution >= 0.6 is 0 Å². The predicted octanol–water partition coefficient (Wildman–Crippen LogP) is 3.91. The van der Waals surface area contributed by atoms with Crippen LogP contribution in [0.2, 0.25) is 0 Å². The number of ether oxygens (including phenoxy) is 1. The van der Waals surface area contributed by atoms with Gasteiger partial charge in [-0.15, -0.1) is 0 Å². The van der Waals surface area contributed by atoms with E-state index in [9.17, 15) is 14.3 Å². The second-order valence-corrected chi connectivity index (χ2v) is 8.16. The number of hydrogen-bond acceptors (Lipinski definition) is 5. The van der Waals surface area contributed by atoms with Gasteiger partial charge in [0.1, 0.15) is 11.1 Å². The molecule has 3 rings (SSSR count). The molecule has 2 heterocycles. The molecule has 0 saturated carbocycles. The number of fused-ring (bicyclic) bond motifs is 1. The summed E-state index contributed by atoms with van der Waals surface area (Å²) in [7, 11) is 0. The summed E-state index contributed by atoms with van der Waals surface area (Å²) < 4.78 is 20.0. The number of carbonyl (C=O) groups is 1. The van der Waals surface area contributed by atoms with Gasteiger partial charge in [-0.1, -0.05) is 0 Å². The third-order valence-electron chi connectivity index (χ3n) is 4.60. The summed E-state index contributed by atoms with van der Waals surface area (Å²) in [5, 5.41) is 10.1. The molecule has 1 aromatic carbocycles. The van der Waals surface area contributed by atoms with Crippen LogP contribution in [0.3, 0.4) is 0 Å². The molecule has 0 aliphatic carbocycles. The molecule has 0 unspecified atom stereocenters. The van der Waals surface area contributed by atoms with Crippen molar-refractivity contribution in [3.05, 3.63) is 30.1 Å². The van der Waals surface area contributed by atoms with Gasteiger partial charge in [-0.3, -0.25) is 4.90 Å². The van der Waals surface area contributed by atoms with E-state index in [1.165, 1.54) is 12.1 Å². The zero-order chi connectivity index (χ0) is 19.9. The van der Waals surface area contributed by atoms with E-state index in [0.29, 0.717) is 18.5 Å². The molecule has 1 fully saturated rings. The first-order valence-corrected chi connectivity index (χ1v) is 9.10. The Hall–Kier alpha value is -2.57. The Bertz CT molecular complexity index is 853. The number of benzene rings is 1. The summed E-state index contributed by atoms with van der Waals surface area (Å²) in [6.07, 6.45) is -0.327. The van der Waals surface area contributed by atoms with E-state index in [4.69, 9.17) is 4.74 Å². The van der Waals surface area contributed by atoms with Crippen molar-refractivity contribution in [2.45, 2.75) is 52.3 Å². The summed E-state index contributed by atoms with van der Waals surface area (Å²) >= 11 is 0. The van der Waals surface area contributed by atoms with Crippen LogP contribution in [-0.2, 0) is 4.74 Å². The number of carbonyl (C=O) groups excluding carboxylic acids is 1. The fourth-order valence-corrected chi connectivity index (χ4v) is 3.56. The lowest BCUT2D eigenvalue weighted by Gasteiger charge is -2.45. The summed E-state index contributed by atoms with van der Waals surface area (Å²) in [6.45, 7) is 10.6. The van der Waals surface area contributed by atoms with E-state index in [-0.39, 0.29) is 29.6 Å². The molecule has 6 nitrogen and oxygen atoms in total. The van der Waals surface area contributed by atoms with Crippen LogP contribution in [-0.4, -0.2) is 51.9 Å². The second-order valence-electron chi connectivity index (χ2n) is 8.16. The Morgan fingerprint density at radius 2 is 1.85 bits per heavy atom. The van der Waals surface area contributed by atoms with Crippen molar-refractivity contribution in [3.8, 4) is 5.88 Å². The molecule has 27 heavy (non-hydrogen) atoms. The minimum absolute atomic E-state index is 0.0831. The van der Waals surface area contributed by atoms with E-state index < -0.39 is 11.4 Å². The Morgan fingerprint density at radius 1 is 1.22 bits per heavy atom. The topological polar surface area (TPSA) is 65.9 Å². The van der Waals surface area contributed by atoms with Crippen LogP contribution < -0.4 is 4.90 Å². The van der Waals surface area contributed by atoms with E-state index in [2.05, 4.69) is 9.88 Å². The number of amides is 1. The molecule has 1 N–H and O–H groups in total. The number of pyridine rings is 1. The van der Waals surface area contributed by atoms with Gasteiger partial charge in [-0.05, 0) is 52.8 Å². The van der Waals surface area contributed by atoms with Gasteiger partial charge >= 0.3 is 6.09 Å². The summed E-state index contributed by atoms with van der Waals surface area (Å²) in [5.74, 6) is -0.685. The molecular weight excluding hydrogens is 349 g/mol. The minimum atomic E-state index is -0.548. The number of halogens is 1. The molecule has 1 aromatic heterocycles. The molecular formula is C20H26FN3O3. The van der Waals surface area contributed by atoms with Gasteiger partial charge < -0.3 is 14.7 Å². The largest absolute Gasteiger partial charge is 0.493 e. The first-order chi connectivity index (χ1) is 12.5. The van der Waals surface area contributed by atoms with Crippen molar-refractivity contribution in [3.63, 3.8) is 0 Å². The van der Waals surface area contributed by atoms with E-state index >= 15 is 0 Å². The van der Waals surface area contributed by atoms with Crippen LogP contribution in [0.4, 0.5) is 14.9 Å². The summed E-state index contributed by atoms with van der Waals surface area (Å²) in [5.41, 5.74) is 0.329. The SMILES string of the molecule is C[C@H]1CN(c2cc(F)c3nc(O)ccc3c2)C[C@H](C)N1C(=O)OC(C)(C)C. The highest BCUT2D eigenvalue weighted by atomic mass is 19.1. The van der Waals surface area contributed by atoms with E-state index in [1.807, 2.05) is 40.7 Å². The minimum Gasteiger partial charge on any atom is -0.493 e. The Kier molecular flexibility index (Phi) is 4.88. The molecule has 146 valence electrons. The monoisotopic (exact) mass is 375 g/mol. The lowest BCUT2D eigenvalue weighted by molar-refractivity contribution is 0.00566. The fraction of sp³-hybridized carbons (Fsp3) is 0.500. The molecule has 0 bridgehead atoms. The fourth-order valence-electron chi connectivity index (χ4n) is 3.56. The van der Waals surface area contributed by atoms with Crippen molar-refractivity contribution in [2.24, 2.45) is 0 Å². The highest BCUT2D eigenvalue weighted by molar-refractivity contribution is 5.84. The number of aromatic nitrogens is 1. The number of nitrogens with zero attached hydrogens (tertiary/aromatic N) is 3. The third-order valence-corrected chi connectivity index (χ3v) is 4.60. The van der Waals surface area contributed by atoms with Crippen molar-refractivity contribution in [1.82, 2.24) is 9.88 Å². The third kappa shape index (κ3) is 4.07. The summed E-state index contributed by atoms with van der Waals surface area (Å²) in [6, 6.07) is 6.20. The van der Waals surface area contributed by atoms with Crippen molar-refractivity contribution >= 4 is 22.7 Å². The zero-order valence-corrected chi connectivity index (χ0v) is 16.4. The van der Waals surface area contributed by atoms with Gasteiger partial charge in [0.2, 0.25) is 5.88 Å². The van der Waals surface area contributed by atoms with Crippen LogP contribution in [0.25, 0.3) is 10.9 Å². The smallest absolute Gasteiger partial charge is 0.410 e. The van der Waals surface area contributed by atoms with Gasteiger partial charge in [0, 0.05) is 30.2 Å². The van der Waals surface area contributed by atoms with Gasteiger partial charge in [0.15, 0.2) is 5.82 Å². The second kappa shape index (κ2) is 6.87. The lowest BCUT2D eigenvalue weighted by Crippen LogP contribution is -2.59. The van der Waals surface area contributed by atoms with Crippen molar-refractivity contribution < 1.29 is 19.0 Å². The molecule has 0 radical (unpaired) electrons. The number of aromatic hydroxyl groups is 1. The molecule has 0 spiro atoms. The van der Waals surface area contributed by atoms with Crippen LogP contribution in [0.15, 0.2) is 24.3 Å². The molecule has 2 aromatic rings. The molecule has 1 saturated heterocycles. The first kappa shape index (κ1) is 19.2. The standard InChI is InChI=1S/C20H26FN3O3/c1-12-10-23(11-13(2)24(12)19(26)27-20(3,4)5)15-8-14-6-7-17(25)22-18(14)16(21)9-15/h6-9,12-13H,10-11H2,1-5H3,(H,22,25)/t12-,13-/m0/s1. The normalized spacial score (nSPS) is 20.8. The summed E-state index contributed by atoms with van der Waals surface area (Å²) in [4.78, 5) is 20.2. The van der Waals surface area contributed by atoms with Crippen LogP contribution in [0, 0.1) is 5.82 Å². The molecule has 1 aliphatic rings. The highest BCUT2D eigenvalue weighted by Gasteiger charge is 2.35. The first-order valence-electron chi connectivity index (χ1n) is 9.10. The molecule has 7 heteroatoms. The van der Waals surface area contributed by atoms with Gasteiger partial charge in [-0.2, -0.15) is 0 Å². The van der Waals surface area contributed by atoms with Crippen molar-refractivity contribution in [1.29, 1.82) is 0 Å². The average molecular weight is 375 g/mol. The van der Waals surface area contributed by atoms with Crippen LogP contribution in [0.5, 0.6) is 5.88 Å². The maximum Gasteiger partial charge on any atom is 0.410 e. The van der Waals surface area contributed by atoms with Gasteiger partial charge in [0.25, 0.3) is 0 Å². The van der Waals surface area contributed by atoms with Crippen molar-refractivity contribution in [2.75, 3.05) is 18.0 Å². The van der Waals surface area contributed by atoms with E-state index in [0.717, 1.165) is 5.69 Å². The Labute approximate surface area is 158 Å². The average Bonchev–Trinajstić information content (AvgIpc) is 2.53. The van der Waals surface area contributed by atoms with Gasteiger partial charge in [0.05, 0.1) is 12.1 Å². The number of piperazine rings is 1. The Morgan fingerprint density at radius 3 is 2.44 bits per heavy atom. The quantitative estimate of drug-likeness (QED) is 0.819. The maximum atomic E-state index is 14.5. The number of hydrogen-bond donors (Lipinski definition) is 1. The van der Waals surface area contributed by atoms with E-state index in [1.54, 1.807) is 11.0 Å². The lowest BCUT2D eigenvalue weighted by atomic mass is 10.1. The van der Waals surface area contributed by atoms with Crippen LogP contribution in [0.1, 0.15) is 34.6 Å². The molecule has 1 amide bonds.